The van der Waals surface area contributed by atoms with E-state index in [1.807, 2.05) is 42.5 Å². The van der Waals surface area contributed by atoms with Crippen molar-refractivity contribution in [2.75, 3.05) is 17.3 Å². The number of amides is 1. The molecule has 18 heavy (non-hydrogen) atoms. The van der Waals surface area contributed by atoms with Crippen molar-refractivity contribution < 1.29 is 4.79 Å². The zero-order valence-corrected chi connectivity index (χ0v) is 11.2. The van der Waals surface area contributed by atoms with Gasteiger partial charge in [0.15, 0.2) is 0 Å². The Morgan fingerprint density at radius 2 is 1.89 bits per heavy atom. The predicted molar refractivity (Wildman–Crippen MR) is 77.3 cm³/mol. The van der Waals surface area contributed by atoms with Crippen LogP contribution in [0.5, 0.6) is 0 Å². The summed E-state index contributed by atoms with van der Waals surface area (Å²) >= 11 is 5.69. The summed E-state index contributed by atoms with van der Waals surface area (Å²) in [5.41, 5.74) is 0.945. The molecule has 0 unspecified atom stereocenters. The minimum absolute atomic E-state index is 0.0171. The maximum Gasteiger partial charge on any atom is 0.241 e. The van der Waals surface area contributed by atoms with Gasteiger partial charge in [-0.1, -0.05) is 43.3 Å². The largest absolute Gasteiger partial charge is 0.311 e. The second-order valence-corrected chi connectivity index (χ2v) is 4.44. The van der Waals surface area contributed by atoms with E-state index < -0.39 is 0 Å². The normalized spacial score (nSPS) is 10.6. The van der Waals surface area contributed by atoms with Crippen LogP contribution in [0.25, 0.3) is 10.8 Å². The van der Waals surface area contributed by atoms with Crippen LogP contribution in [0.3, 0.4) is 0 Å². The number of hydrogen-bond acceptors (Lipinski definition) is 1. The lowest BCUT2D eigenvalue weighted by atomic mass is 10.1. The minimum Gasteiger partial charge on any atom is -0.311 e. The smallest absolute Gasteiger partial charge is 0.241 e. The Balaban J connectivity index is 2.53. The minimum atomic E-state index is -0.0464. The van der Waals surface area contributed by atoms with Crippen LogP contribution in [0.15, 0.2) is 42.5 Å². The van der Waals surface area contributed by atoms with Gasteiger partial charge in [0.1, 0.15) is 5.88 Å². The number of fused-ring (bicyclic) bond motifs is 1. The molecule has 94 valence electrons. The van der Waals surface area contributed by atoms with E-state index >= 15 is 0 Å². The van der Waals surface area contributed by atoms with Crippen LogP contribution < -0.4 is 4.90 Å². The predicted octanol–water partition coefficient (Wildman–Crippen LogP) is 3.82. The highest BCUT2D eigenvalue weighted by Gasteiger charge is 2.15. The lowest BCUT2D eigenvalue weighted by Gasteiger charge is -2.23. The first-order valence-electron chi connectivity index (χ1n) is 6.12. The third-order valence-electron chi connectivity index (χ3n) is 2.92. The number of anilines is 1. The molecule has 0 bridgehead atoms. The number of alkyl halides is 1. The van der Waals surface area contributed by atoms with E-state index in [-0.39, 0.29) is 11.8 Å². The summed E-state index contributed by atoms with van der Waals surface area (Å²) in [6, 6.07) is 14.1. The van der Waals surface area contributed by atoms with Gasteiger partial charge in [-0.15, -0.1) is 11.6 Å². The maximum absolute atomic E-state index is 11.9. The molecule has 1 amide bonds. The molecule has 0 aliphatic carbocycles. The van der Waals surface area contributed by atoms with Gasteiger partial charge in [-0.25, -0.2) is 0 Å². The highest BCUT2D eigenvalue weighted by Crippen LogP contribution is 2.27. The molecule has 2 rings (SSSR count). The SMILES string of the molecule is CCCN(C(=O)CCl)c1cccc2ccccc12. The highest BCUT2D eigenvalue weighted by atomic mass is 35.5. The van der Waals surface area contributed by atoms with Crippen molar-refractivity contribution in [2.24, 2.45) is 0 Å². The topological polar surface area (TPSA) is 20.3 Å². The summed E-state index contributed by atoms with van der Waals surface area (Å²) in [6.45, 7) is 2.75. The molecule has 0 aliphatic rings. The molecule has 0 radical (unpaired) electrons. The Hall–Kier alpha value is -1.54. The average molecular weight is 262 g/mol. The molecule has 2 aromatic carbocycles. The Kier molecular flexibility index (Phi) is 4.21. The second kappa shape index (κ2) is 5.87. The zero-order chi connectivity index (χ0) is 13.0. The first-order valence-corrected chi connectivity index (χ1v) is 6.65. The van der Waals surface area contributed by atoms with Crippen LogP contribution in [-0.4, -0.2) is 18.3 Å². The van der Waals surface area contributed by atoms with Gasteiger partial charge in [0.25, 0.3) is 0 Å². The van der Waals surface area contributed by atoms with Gasteiger partial charge in [0, 0.05) is 11.9 Å². The summed E-state index contributed by atoms with van der Waals surface area (Å²) in [5.74, 6) is -0.0293. The molecule has 0 spiro atoms. The van der Waals surface area contributed by atoms with Gasteiger partial charge >= 0.3 is 0 Å². The van der Waals surface area contributed by atoms with Crippen molar-refractivity contribution in [2.45, 2.75) is 13.3 Å². The lowest BCUT2D eigenvalue weighted by molar-refractivity contribution is -0.116. The van der Waals surface area contributed by atoms with Crippen molar-refractivity contribution >= 4 is 34.0 Å². The number of nitrogens with zero attached hydrogens (tertiary/aromatic N) is 1. The van der Waals surface area contributed by atoms with Gasteiger partial charge in [0.05, 0.1) is 5.69 Å². The Morgan fingerprint density at radius 1 is 1.17 bits per heavy atom. The standard InChI is InChI=1S/C15H16ClNO/c1-2-10-17(15(18)11-16)14-9-5-7-12-6-3-4-8-13(12)14/h3-9H,2,10-11H2,1H3. The molecule has 2 nitrogen and oxygen atoms in total. The quantitative estimate of drug-likeness (QED) is 0.766. The summed E-state index contributed by atoms with van der Waals surface area (Å²) in [4.78, 5) is 13.7. The maximum atomic E-state index is 11.9. The third kappa shape index (κ3) is 2.49. The van der Waals surface area contributed by atoms with Crippen LogP contribution in [-0.2, 0) is 4.79 Å². The van der Waals surface area contributed by atoms with Crippen molar-refractivity contribution in [3.05, 3.63) is 42.5 Å². The van der Waals surface area contributed by atoms with E-state index in [0.29, 0.717) is 6.54 Å². The van der Waals surface area contributed by atoms with Crippen LogP contribution in [0.4, 0.5) is 5.69 Å². The number of carbonyl (C=O) groups excluding carboxylic acids is 1. The second-order valence-electron chi connectivity index (χ2n) is 4.18. The number of halogens is 1. The van der Waals surface area contributed by atoms with Gasteiger partial charge in [-0.2, -0.15) is 0 Å². The first kappa shape index (κ1) is 12.9. The molecule has 0 aliphatic heterocycles. The molecular formula is C15H16ClNO. The van der Waals surface area contributed by atoms with Crippen LogP contribution in [0, 0.1) is 0 Å². The summed E-state index contributed by atoms with van der Waals surface area (Å²) in [5, 5.41) is 2.23. The summed E-state index contributed by atoms with van der Waals surface area (Å²) in [6.07, 6.45) is 0.909. The van der Waals surface area contributed by atoms with Crippen molar-refractivity contribution in [1.82, 2.24) is 0 Å². The fourth-order valence-electron chi connectivity index (χ4n) is 2.12. The van der Waals surface area contributed by atoms with Crippen molar-refractivity contribution in [3.8, 4) is 0 Å². The van der Waals surface area contributed by atoms with E-state index in [2.05, 4.69) is 6.92 Å². The number of benzene rings is 2. The van der Waals surface area contributed by atoms with Gasteiger partial charge in [0.2, 0.25) is 5.91 Å². The fraction of sp³-hybridized carbons (Fsp3) is 0.267. The molecule has 2 aromatic rings. The molecular weight excluding hydrogens is 246 g/mol. The van der Waals surface area contributed by atoms with E-state index in [4.69, 9.17) is 11.6 Å². The molecule has 0 saturated heterocycles. The van der Waals surface area contributed by atoms with Gasteiger partial charge < -0.3 is 4.90 Å². The first-order chi connectivity index (χ1) is 8.77. The Labute approximate surface area is 112 Å². The molecule has 0 saturated carbocycles. The van der Waals surface area contributed by atoms with Gasteiger partial charge in [-0.05, 0) is 17.9 Å². The molecule has 0 N–H and O–H groups in total. The molecule has 0 heterocycles. The van der Waals surface area contributed by atoms with Gasteiger partial charge in [-0.3, -0.25) is 4.79 Å². The van der Waals surface area contributed by atoms with Crippen LogP contribution >= 0.6 is 11.6 Å². The van der Waals surface area contributed by atoms with E-state index in [1.54, 1.807) is 4.90 Å². The number of hydrogen-bond donors (Lipinski definition) is 0. The van der Waals surface area contributed by atoms with Crippen LogP contribution in [0.1, 0.15) is 13.3 Å². The number of carbonyl (C=O) groups is 1. The highest BCUT2D eigenvalue weighted by molar-refractivity contribution is 6.29. The zero-order valence-electron chi connectivity index (χ0n) is 10.4. The van der Waals surface area contributed by atoms with E-state index in [0.717, 1.165) is 22.9 Å². The van der Waals surface area contributed by atoms with Crippen molar-refractivity contribution in [1.29, 1.82) is 0 Å². The summed E-state index contributed by atoms with van der Waals surface area (Å²) in [7, 11) is 0. The summed E-state index contributed by atoms with van der Waals surface area (Å²) < 4.78 is 0. The lowest BCUT2D eigenvalue weighted by Crippen LogP contribution is -2.32. The fourth-order valence-corrected chi connectivity index (χ4v) is 2.26. The van der Waals surface area contributed by atoms with E-state index in [1.165, 1.54) is 0 Å². The molecule has 3 heteroatoms. The molecule has 0 fully saturated rings. The molecule has 0 aromatic heterocycles. The van der Waals surface area contributed by atoms with E-state index in [9.17, 15) is 4.79 Å². The Morgan fingerprint density at radius 3 is 2.61 bits per heavy atom. The number of rotatable bonds is 4. The Bertz CT molecular complexity index is 548. The average Bonchev–Trinajstić information content (AvgIpc) is 2.43. The van der Waals surface area contributed by atoms with Crippen molar-refractivity contribution in [3.63, 3.8) is 0 Å². The third-order valence-corrected chi connectivity index (χ3v) is 3.15. The monoisotopic (exact) mass is 261 g/mol. The molecule has 0 atom stereocenters. The van der Waals surface area contributed by atoms with Crippen LogP contribution in [0.2, 0.25) is 0 Å².